The largest absolute Gasteiger partial charge is 0.482 e. The zero-order valence-electron chi connectivity index (χ0n) is 13.1. The highest BCUT2D eigenvalue weighted by Crippen LogP contribution is 2.35. The lowest BCUT2D eigenvalue weighted by atomic mass is 10.1. The Bertz CT molecular complexity index is 1030. The molecule has 2 N–H and O–H groups in total. The molecule has 4 rings (SSSR count). The van der Waals surface area contributed by atoms with Crippen molar-refractivity contribution in [1.29, 1.82) is 0 Å². The number of ether oxygens (including phenoxy) is 1. The van der Waals surface area contributed by atoms with Crippen LogP contribution in [-0.2, 0) is 0 Å². The van der Waals surface area contributed by atoms with E-state index in [2.05, 4.69) is 25.1 Å². The summed E-state index contributed by atoms with van der Waals surface area (Å²) in [6, 6.07) is 18.2. The van der Waals surface area contributed by atoms with Gasteiger partial charge in [0, 0.05) is 17.0 Å². The first-order valence-corrected chi connectivity index (χ1v) is 7.50. The molecule has 114 valence electrons. The summed E-state index contributed by atoms with van der Waals surface area (Å²) in [6.07, 6.45) is 0. The number of aromatic nitrogens is 2. The van der Waals surface area contributed by atoms with Crippen LogP contribution in [-0.4, -0.2) is 16.5 Å². The summed E-state index contributed by atoms with van der Waals surface area (Å²) in [6.45, 7) is 2.06. The van der Waals surface area contributed by atoms with Crippen molar-refractivity contribution >= 4 is 22.2 Å². The molecule has 0 atom stereocenters. The van der Waals surface area contributed by atoms with Crippen molar-refractivity contribution in [2.75, 3.05) is 12.8 Å². The van der Waals surface area contributed by atoms with E-state index in [0.29, 0.717) is 11.7 Å². The summed E-state index contributed by atoms with van der Waals surface area (Å²) in [5.74, 6) is 1.28. The van der Waals surface area contributed by atoms with Gasteiger partial charge in [-0.25, -0.2) is 9.38 Å². The Balaban J connectivity index is 2.15. The van der Waals surface area contributed by atoms with Crippen LogP contribution in [0.2, 0.25) is 0 Å². The van der Waals surface area contributed by atoms with Crippen LogP contribution in [0.15, 0.2) is 54.6 Å². The molecule has 0 radical (unpaired) electrons. The second kappa shape index (κ2) is 5.02. The van der Waals surface area contributed by atoms with E-state index >= 15 is 0 Å². The molecule has 0 unspecified atom stereocenters. The minimum absolute atomic E-state index is 0.594. The number of anilines is 1. The highest BCUT2D eigenvalue weighted by atomic mass is 16.5. The van der Waals surface area contributed by atoms with E-state index in [4.69, 9.17) is 15.5 Å². The van der Waals surface area contributed by atoms with E-state index in [1.807, 2.05) is 40.8 Å². The van der Waals surface area contributed by atoms with Gasteiger partial charge in [-0.05, 0) is 17.9 Å². The zero-order chi connectivity index (χ0) is 16.0. The van der Waals surface area contributed by atoms with Crippen LogP contribution in [0.5, 0.6) is 5.88 Å². The second-order valence-electron chi connectivity index (χ2n) is 5.59. The minimum Gasteiger partial charge on any atom is -0.482 e. The lowest BCUT2D eigenvalue weighted by molar-refractivity contribution is 0.394. The second-order valence-corrected chi connectivity index (χ2v) is 5.59. The maximum Gasteiger partial charge on any atom is 0.201 e. The molecule has 4 heteroatoms. The highest BCUT2D eigenvalue weighted by molar-refractivity contribution is 5.97. The summed E-state index contributed by atoms with van der Waals surface area (Å²) in [7, 11) is 1.65. The van der Waals surface area contributed by atoms with Crippen molar-refractivity contribution in [3.63, 3.8) is 0 Å². The molecule has 0 amide bonds. The fourth-order valence-corrected chi connectivity index (χ4v) is 3.05. The molecule has 0 aliphatic rings. The van der Waals surface area contributed by atoms with E-state index in [1.54, 1.807) is 7.11 Å². The van der Waals surface area contributed by atoms with Crippen LogP contribution in [0, 0.1) is 6.92 Å². The number of imidazole rings is 1. The van der Waals surface area contributed by atoms with Gasteiger partial charge in [0.15, 0.2) is 0 Å². The fraction of sp³-hybridized carbons (Fsp3) is 0.105. The molecular formula is C19H17N3O. The van der Waals surface area contributed by atoms with Crippen molar-refractivity contribution in [2.45, 2.75) is 6.92 Å². The van der Waals surface area contributed by atoms with E-state index in [9.17, 15) is 0 Å². The van der Waals surface area contributed by atoms with Crippen molar-refractivity contribution in [2.24, 2.45) is 0 Å². The molecule has 0 aliphatic carbocycles. The van der Waals surface area contributed by atoms with Gasteiger partial charge in [0.1, 0.15) is 17.2 Å². The molecule has 2 heterocycles. The molecule has 0 bridgehead atoms. The first-order valence-electron chi connectivity index (χ1n) is 7.50. The van der Waals surface area contributed by atoms with Gasteiger partial charge < -0.3 is 10.5 Å². The Hall–Kier alpha value is -3.01. The Morgan fingerprint density at radius 3 is 2.57 bits per heavy atom. The van der Waals surface area contributed by atoms with Crippen LogP contribution in [0.25, 0.3) is 27.7 Å². The predicted molar refractivity (Wildman–Crippen MR) is 93.8 cm³/mol. The number of aryl methyl sites for hydroxylation is 1. The number of nitrogens with two attached hydrogens (primary N) is 1. The van der Waals surface area contributed by atoms with Crippen molar-refractivity contribution < 1.29 is 4.74 Å². The third kappa shape index (κ3) is 1.95. The van der Waals surface area contributed by atoms with Gasteiger partial charge in [-0.3, -0.25) is 0 Å². The molecule has 0 saturated carbocycles. The standard InChI is InChI=1S/C19H17N3O/c1-12-7-3-5-9-14(12)17-18(20)22-16(23-2)11-13-8-4-6-10-15(13)19(22)21-17/h3-11H,20H2,1-2H3. The quantitative estimate of drug-likeness (QED) is 0.607. The summed E-state index contributed by atoms with van der Waals surface area (Å²) in [5, 5.41) is 2.14. The third-order valence-corrected chi connectivity index (χ3v) is 4.22. The van der Waals surface area contributed by atoms with Gasteiger partial charge >= 0.3 is 0 Å². The summed E-state index contributed by atoms with van der Waals surface area (Å²) in [4.78, 5) is 4.84. The van der Waals surface area contributed by atoms with Gasteiger partial charge in [-0.1, -0.05) is 48.5 Å². The topological polar surface area (TPSA) is 52.5 Å². The monoisotopic (exact) mass is 303 g/mol. The molecule has 0 fully saturated rings. The van der Waals surface area contributed by atoms with Gasteiger partial charge in [0.25, 0.3) is 0 Å². The van der Waals surface area contributed by atoms with E-state index < -0.39 is 0 Å². The van der Waals surface area contributed by atoms with Crippen molar-refractivity contribution in [1.82, 2.24) is 9.38 Å². The number of hydrogen-bond acceptors (Lipinski definition) is 3. The van der Waals surface area contributed by atoms with Crippen LogP contribution < -0.4 is 10.5 Å². The van der Waals surface area contributed by atoms with Crippen molar-refractivity contribution in [3.05, 3.63) is 60.2 Å². The highest BCUT2D eigenvalue weighted by Gasteiger charge is 2.18. The molecule has 4 nitrogen and oxygen atoms in total. The van der Waals surface area contributed by atoms with Crippen LogP contribution in [0.1, 0.15) is 5.56 Å². The Kier molecular flexibility index (Phi) is 2.98. The molecule has 0 saturated heterocycles. The van der Waals surface area contributed by atoms with Gasteiger partial charge in [0.2, 0.25) is 5.88 Å². The maximum atomic E-state index is 6.43. The Labute approximate surface area is 134 Å². The molecule has 0 spiro atoms. The number of fused-ring (bicyclic) bond motifs is 3. The Morgan fingerprint density at radius 1 is 1.04 bits per heavy atom. The summed E-state index contributed by atoms with van der Waals surface area (Å²) >= 11 is 0. The number of nitrogen functional groups attached to an aromatic ring is 1. The zero-order valence-corrected chi connectivity index (χ0v) is 13.1. The predicted octanol–water partition coefficient (Wildman–Crippen LogP) is 4.05. The van der Waals surface area contributed by atoms with Crippen LogP contribution in [0.4, 0.5) is 5.82 Å². The number of nitrogens with zero attached hydrogens (tertiary/aromatic N) is 2. The lowest BCUT2D eigenvalue weighted by Crippen LogP contribution is -1.99. The number of hydrogen-bond donors (Lipinski definition) is 1. The molecule has 4 aromatic rings. The number of pyridine rings is 1. The van der Waals surface area contributed by atoms with Crippen LogP contribution >= 0.6 is 0 Å². The summed E-state index contributed by atoms with van der Waals surface area (Å²) < 4.78 is 7.42. The Morgan fingerprint density at radius 2 is 1.78 bits per heavy atom. The molecule has 2 aromatic carbocycles. The molecule has 0 aliphatic heterocycles. The van der Waals surface area contributed by atoms with Gasteiger partial charge in [0.05, 0.1) is 7.11 Å². The third-order valence-electron chi connectivity index (χ3n) is 4.22. The van der Waals surface area contributed by atoms with E-state index in [1.165, 1.54) is 0 Å². The number of methoxy groups -OCH3 is 1. The van der Waals surface area contributed by atoms with Gasteiger partial charge in [-0.15, -0.1) is 0 Å². The van der Waals surface area contributed by atoms with Gasteiger partial charge in [-0.2, -0.15) is 0 Å². The molecular weight excluding hydrogens is 286 g/mol. The lowest BCUT2D eigenvalue weighted by Gasteiger charge is -2.08. The fourth-order valence-electron chi connectivity index (χ4n) is 3.05. The average molecular weight is 303 g/mol. The minimum atomic E-state index is 0.594. The van der Waals surface area contributed by atoms with E-state index in [-0.39, 0.29) is 0 Å². The average Bonchev–Trinajstić information content (AvgIpc) is 2.92. The first-order chi connectivity index (χ1) is 11.2. The smallest absolute Gasteiger partial charge is 0.201 e. The number of rotatable bonds is 2. The van der Waals surface area contributed by atoms with Crippen LogP contribution in [0.3, 0.4) is 0 Å². The SMILES string of the molecule is COc1cc2ccccc2c2nc(-c3ccccc3C)c(N)n12. The van der Waals surface area contributed by atoms with Crippen molar-refractivity contribution in [3.8, 4) is 17.1 Å². The van der Waals surface area contributed by atoms with E-state index in [0.717, 1.165) is 33.2 Å². The molecule has 2 aromatic heterocycles. The maximum absolute atomic E-state index is 6.43. The molecule has 23 heavy (non-hydrogen) atoms. The summed E-state index contributed by atoms with van der Waals surface area (Å²) in [5.41, 5.74) is 10.2. The first kappa shape index (κ1) is 13.6. The number of benzene rings is 2. The normalized spacial score (nSPS) is 11.2.